The number of hydrogen-bond donors (Lipinski definition) is 1. The number of hydrogen-bond acceptors (Lipinski definition) is 3. The van der Waals surface area contributed by atoms with E-state index in [1.165, 1.54) is 0 Å². The fourth-order valence-corrected chi connectivity index (χ4v) is 1.21. The van der Waals surface area contributed by atoms with Gasteiger partial charge in [-0.2, -0.15) is 5.26 Å². The third-order valence-electron chi connectivity index (χ3n) is 2.13. The second kappa shape index (κ2) is 2.59. The van der Waals surface area contributed by atoms with Gasteiger partial charge < -0.3 is 0 Å². The molecule has 1 fully saturated rings. The van der Waals surface area contributed by atoms with Gasteiger partial charge in [0.1, 0.15) is 0 Å². The lowest BCUT2D eigenvalue weighted by Gasteiger charge is -2.19. The Morgan fingerprint density at radius 1 is 1.58 bits per heavy atom. The Morgan fingerprint density at radius 3 is 2.50 bits per heavy atom. The van der Waals surface area contributed by atoms with Crippen molar-refractivity contribution in [2.24, 2.45) is 11.3 Å². The van der Waals surface area contributed by atoms with Gasteiger partial charge in [-0.3, -0.25) is 14.9 Å². The molecule has 64 valence electrons. The largest absolute Gasteiger partial charge is 0.296 e. The van der Waals surface area contributed by atoms with Gasteiger partial charge >= 0.3 is 0 Å². The number of nitriles is 1. The number of amides is 2. The summed E-state index contributed by atoms with van der Waals surface area (Å²) in [5.41, 5.74) is -0.754. The molecule has 1 heterocycles. The minimum absolute atomic E-state index is 0.138. The third kappa shape index (κ3) is 1.30. The fourth-order valence-electron chi connectivity index (χ4n) is 1.21. The third-order valence-corrected chi connectivity index (χ3v) is 2.13. The number of carbonyl (C=O) groups is 2. The molecule has 0 bridgehead atoms. The van der Waals surface area contributed by atoms with Crippen LogP contribution >= 0.6 is 0 Å². The van der Waals surface area contributed by atoms with Gasteiger partial charge in [0.05, 0.1) is 17.4 Å². The SMILES string of the molecule is CC(C)(C#N)C1CC(=O)NC1=O. The maximum atomic E-state index is 11.1. The van der Waals surface area contributed by atoms with Crippen LogP contribution < -0.4 is 5.32 Å². The molecule has 0 spiro atoms. The first-order valence-electron chi connectivity index (χ1n) is 3.72. The quantitative estimate of drug-likeness (QED) is 0.565. The van der Waals surface area contributed by atoms with E-state index in [2.05, 4.69) is 5.32 Å². The monoisotopic (exact) mass is 166 g/mol. The predicted molar refractivity (Wildman–Crippen MR) is 40.7 cm³/mol. The minimum atomic E-state index is -0.754. The molecular weight excluding hydrogens is 156 g/mol. The highest BCUT2D eigenvalue weighted by Gasteiger charge is 2.41. The lowest BCUT2D eigenvalue weighted by molar-refractivity contribution is -0.126. The van der Waals surface area contributed by atoms with Gasteiger partial charge in [0, 0.05) is 6.42 Å². The maximum absolute atomic E-state index is 11.1. The van der Waals surface area contributed by atoms with Crippen molar-refractivity contribution < 1.29 is 9.59 Å². The van der Waals surface area contributed by atoms with Crippen molar-refractivity contribution in [2.45, 2.75) is 20.3 Å². The Morgan fingerprint density at radius 2 is 2.17 bits per heavy atom. The van der Waals surface area contributed by atoms with Crippen LogP contribution in [0.25, 0.3) is 0 Å². The molecule has 1 N–H and O–H groups in total. The maximum Gasteiger partial charge on any atom is 0.231 e. The molecule has 1 atom stereocenters. The molecule has 0 saturated carbocycles. The van der Waals surface area contributed by atoms with E-state index in [0.29, 0.717) is 0 Å². The number of carbonyl (C=O) groups excluding carboxylic acids is 2. The van der Waals surface area contributed by atoms with Gasteiger partial charge in [0.15, 0.2) is 0 Å². The van der Waals surface area contributed by atoms with Gasteiger partial charge in [0.25, 0.3) is 0 Å². The van der Waals surface area contributed by atoms with E-state index in [0.717, 1.165) is 0 Å². The van der Waals surface area contributed by atoms with Gasteiger partial charge in [-0.1, -0.05) is 0 Å². The topological polar surface area (TPSA) is 70.0 Å². The highest BCUT2D eigenvalue weighted by molar-refractivity contribution is 6.03. The normalized spacial score (nSPS) is 23.6. The summed E-state index contributed by atoms with van der Waals surface area (Å²) in [6.45, 7) is 3.33. The van der Waals surface area contributed by atoms with Crippen LogP contribution in [0.3, 0.4) is 0 Å². The van der Waals surface area contributed by atoms with Gasteiger partial charge in [-0.05, 0) is 13.8 Å². The summed E-state index contributed by atoms with van der Waals surface area (Å²) in [5.74, 6) is -1.10. The predicted octanol–water partition coefficient (Wildman–Crippen LogP) is 0.199. The lowest BCUT2D eigenvalue weighted by Crippen LogP contribution is -2.30. The highest BCUT2D eigenvalue weighted by atomic mass is 16.2. The number of imide groups is 1. The van der Waals surface area contributed by atoms with E-state index in [-0.39, 0.29) is 18.2 Å². The van der Waals surface area contributed by atoms with Crippen molar-refractivity contribution in [2.75, 3.05) is 0 Å². The molecule has 0 radical (unpaired) electrons. The Hall–Kier alpha value is -1.37. The molecule has 12 heavy (non-hydrogen) atoms. The van der Waals surface area contributed by atoms with Crippen LogP contribution in [0.1, 0.15) is 20.3 Å². The van der Waals surface area contributed by atoms with Gasteiger partial charge in [0.2, 0.25) is 11.8 Å². The Balaban J connectivity index is 2.85. The highest BCUT2D eigenvalue weighted by Crippen LogP contribution is 2.31. The molecule has 4 nitrogen and oxygen atoms in total. The second-order valence-corrected chi connectivity index (χ2v) is 3.50. The molecule has 0 aromatic carbocycles. The summed E-state index contributed by atoms with van der Waals surface area (Å²) < 4.78 is 0. The van der Waals surface area contributed by atoms with Crippen molar-refractivity contribution in [3.63, 3.8) is 0 Å². The molecule has 1 saturated heterocycles. The first kappa shape index (κ1) is 8.72. The zero-order valence-electron chi connectivity index (χ0n) is 7.05. The average Bonchev–Trinajstić information content (AvgIpc) is 2.31. The molecular formula is C8H10N2O2. The van der Waals surface area contributed by atoms with Crippen molar-refractivity contribution >= 4 is 11.8 Å². The summed E-state index contributed by atoms with van der Waals surface area (Å²) in [6, 6.07) is 2.02. The summed E-state index contributed by atoms with van der Waals surface area (Å²) in [5, 5.41) is 10.9. The molecule has 0 aliphatic carbocycles. The second-order valence-electron chi connectivity index (χ2n) is 3.50. The zero-order chi connectivity index (χ0) is 9.35. The first-order chi connectivity index (χ1) is 5.47. The van der Waals surface area contributed by atoms with E-state index >= 15 is 0 Å². The van der Waals surface area contributed by atoms with Crippen LogP contribution in [0.15, 0.2) is 0 Å². The van der Waals surface area contributed by atoms with E-state index in [1.54, 1.807) is 13.8 Å². The zero-order valence-corrected chi connectivity index (χ0v) is 7.05. The van der Waals surface area contributed by atoms with Crippen LogP contribution in [0.4, 0.5) is 0 Å². The van der Waals surface area contributed by atoms with Crippen molar-refractivity contribution in [3.8, 4) is 6.07 Å². The van der Waals surface area contributed by atoms with Crippen LogP contribution in [0.5, 0.6) is 0 Å². The minimum Gasteiger partial charge on any atom is -0.296 e. The number of nitrogens with one attached hydrogen (secondary N) is 1. The Labute approximate surface area is 70.6 Å². The molecule has 2 amide bonds. The first-order valence-corrected chi connectivity index (χ1v) is 3.72. The molecule has 0 aromatic rings. The van der Waals surface area contributed by atoms with Crippen molar-refractivity contribution in [1.82, 2.24) is 5.32 Å². The molecule has 4 heteroatoms. The molecule has 0 aromatic heterocycles. The van der Waals surface area contributed by atoms with Crippen molar-refractivity contribution in [3.05, 3.63) is 0 Å². The van der Waals surface area contributed by atoms with Crippen LogP contribution in [0.2, 0.25) is 0 Å². The van der Waals surface area contributed by atoms with E-state index < -0.39 is 11.3 Å². The Bertz CT molecular complexity index is 275. The van der Waals surface area contributed by atoms with E-state index in [9.17, 15) is 9.59 Å². The number of nitrogens with zero attached hydrogens (tertiary/aromatic N) is 1. The standard InChI is InChI=1S/C8H10N2O2/c1-8(2,4-9)5-3-6(11)10-7(5)12/h5H,3H2,1-2H3,(H,10,11,12). The Kier molecular flexibility index (Phi) is 1.89. The smallest absolute Gasteiger partial charge is 0.231 e. The molecule has 1 aliphatic rings. The summed E-state index contributed by atoms with van der Waals surface area (Å²) in [6.07, 6.45) is 0.138. The summed E-state index contributed by atoms with van der Waals surface area (Å²) in [7, 11) is 0. The van der Waals surface area contributed by atoms with E-state index in [4.69, 9.17) is 5.26 Å². The van der Waals surface area contributed by atoms with Gasteiger partial charge in [-0.25, -0.2) is 0 Å². The van der Waals surface area contributed by atoms with E-state index in [1.807, 2.05) is 6.07 Å². The molecule has 1 rings (SSSR count). The average molecular weight is 166 g/mol. The number of rotatable bonds is 1. The van der Waals surface area contributed by atoms with Crippen LogP contribution in [0, 0.1) is 22.7 Å². The van der Waals surface area contributed by atoms with Crippen molar-refractivity contribution in [1.29, 1.82) is 5.26 Å². The van der Waals surface area contributed by atoms with Gasteiger partial charge in [-0.15, -0.1) is 0 Å². The molecule has 1 unspecified atom stereocenters. The summed E-state index contributed by atoms with van der Waals surface area (Å²) >= 11 is 0. The molecule has 1 aliphatic heterocycles. The fraction of sp³-hybridized carbons (Fsp3) is 0.625. The summed E-state index contributed by atoms with van der Waals surface area (Å²) in [4.78, 5) is 21.9. The van der Waals surface area contributed by atoms with Crippen LogP contribution in [-0.4, -0.2) is 11.8 Å². The lowest BCUT2D eigenvalue weighted by atomic mass is 9.79. The van der Waals surface area contributed by atoms with Crippen LogP contribution in [-0.2, 0) is 9.59 Å².